The van der Waals surface area contributed by atoms with Crippen LogP contribution in [0.1, 0.15) is 35.8 Å². The minimum atomic E-state index is -0.180. The van der Waals surface area contributed by atoms with Gasteiger partial charge in [0.25, 0.3) is 5.91 Å². The van der Waals surface area contributed by atoms with Crippen molar-refractivity contribution in [1.29, 1.82) is 0 Å². The van der Waals surface area contributed by atoms with Crippen LogP contribution in [-0.4, -0.2) is 35.0 Å². The molecule has 0 aliphatic carbocycles. The highest BCUT2D eigenvalue weighted by atomic mass is 16.5. The molecule has 6 nitrogen and oxygen atoms in total. The number of hydrogen-bond acceptors (Lipinski definition) is 4. The van der Waals surface area contributed by atoms with Crippen LogP contribution in [0.5, 0.6) is 5.75 Å². The fraction of sp³-hybridized carbons (Fsp3) is 0.304. The van der Waals surface area contributed by atoms with Crippen molar-refractivity contribution < 1.29 is 14.3 Å². The van der Waals surface area contributed by atoms with Gasteiger partial charge in [-0.3, -0.25) is 4.79 Å². The summed E-state index contributed by atoms with van der Waals surface area (Å²) in [7, 11) is 0. The fourth-order valence-corrected chi connectivity index (χ4v) is 3.52. The van der Waals surface area contributed by atoms with Crippen molar-refractivity contribution in [3.8, 4) is 11.4 Å². The number of nitrogens with one attached hydrogen (secondary N) is 1. The van der Waals surface area contributed by atoms with E-state index in [2.05, 4.69) is 10.4 Å². The Bertz CT molecular complexity index is 963. The SMILES string of the molecule is CCc1c(C(=O)Nc2cccc(OCC3CCCO3)c2)cnn1-c1ccccc1. The number of carbonyl (C=O) groups excluding carboxylic acids is 1. The molecule has 0 spiro atoms. The number of ether oxygens (including phenoxy) is 2. The van der Waals surface area contributed by atoms with E-state index >= 15 is 0 Å². The Morgan fingerprint density at radius 3 is 2.86 bits per heavy atom. The molecule has 0 radical (unpaired) electrons. The summed E-state index contributed by atoms with van der Waals surface area (Å²) in [5.74, 6) is 0.536. The number of carbonyl (C=O) groups is 1. The summed E-state index contributed by atoms with van der Waals surface area (Å²) in [5, 5.41) is 7.39. The molecule has 1 saturated heterocycles. The van der Waals surface area contributed by atoms with E-state index in [0.29, 0.717) is 30.0 Å². The Balaban J connectivity index is 1.47. The van der Waals surface area contributed by atoms with Crippen LogP contribution in [0.2, 0.25) is 0 Å². The Hall–Kier alpha value is -3.12. The van der Waals surface area contributed by atoms with Crippen LogP contribution in [0.25, 0.3) is 5.69 Å². The third kappa shape index (κ3) is 4.49. The number of amides is 1. The Labute approximate surface area is 170 Å². The molecule has 1 unspecified atom stereocenters. The highest BCUT2D eigenvalue weighted by Crippen LogP contribution is 2.22. The van der Waals surface area contributed by atoms with Gasteiger partial charge in [-0.1, -0.05) is 31.2 Å². The van der Waals surface area contributed by atoms with Crippen LogP contribution in [0.3, 0.4) is 0 Å². The van der Waals surface area contributed by atoms with E-state index in [1.165, 1.54) is 0 Å². The van der Waals surface area contributed by atoms with Gasteiger partial charge in [0.05, 0.1) is 29.2 Å². The standard InChI is InChI=1S/C23H25N3O3/c1-2-22-21(15-24-26(22)18-9-4-3-5-10-18)23(27)25-17-8-6-11-19(14-17)29-16-20-12-7-13-28-20/h3-6,8-11,14-15,20H,2,7,12-13,16H2,1H3,(H,25,27). The number of rotatable bonds is 7. The van der Waals surface area contributed by atoms with E-state index in [1.807, 2.05) is 66.2 Å². The van der Waals surface area contributed by atoms with Crippen molar-refractivity contribution in [2.75, 3.05) is 18.5 Å². The largest absolute Gasteiger partial charge is 0.491 e. The second-order valence-corrected chi connectivity index (χ2v) is 7.03. The lowest BCUT2D eigenvalue weighted by Gasteiger charge is -2.13. The van der Waals surface area contributed by atoms with Gasteiger partial charge in [-0.25, -0.2) is 4.68 Å². The number of benzene rings is 2. The maximum Gasteiger partial charge on any atom is 0.259 e. The lowest BCUT2D eigenvalue weighted by atomic mass is 10.1. The fourth-order valence-electron chi connectivity index (χ4n) is 3.52. The van der Waals surface area contributed by atoms with Gasteiger partial charge < -0.3 is 14.8 Å². The van der Waals surface area contributed by atoms with E-state index in [9.17, 15) is 4.79 Å². The second-order valence-electron chi connectivity index (χ2n) is 7.03. The van der Waals surface area contributed by atoms with E-state index in [4.69, 9.17) is 9.47 Å². The Kier molecular flexibility index (Phi) is 5.91. The zero-order chi connectivity index (χ0) is 20.1. The summed E-state index contributed by atoms with van der Waals surface area (Å²) < 4.78 is 13.2. The maximum absolute atomic E-state index is 12.9. The van der Waals surface area contributed by atoms with Crippen molar-refractivity contribution in [2.24, 2.45) is 0 Å². The molecule has 0 bridgehead atoms. The molecule has 1 fully saturated rings. The first-order valence-electron chi connectivity index (χ1n) is 10.0. The molecule has 0 saturated carbocycles. The maximum atomic E-state index is 12.9. The van der Waals surface area contributed by atoms with Crippen LogP contribution in [-0.2, 0) is 11.2 Å². The predicted molar refractivity (Wildman–Crippen MR) is 112 cm³/mol. The van der Waals surface area contributed by atoms with Crippen molar-refractivity contribution in [3.05, 3.63) is 72.1 Å². The number of anilines is 1. The highest BCUT2D eigenvalue weighted by Gasteiger charge is 2.18. The van der Waals surface area contributed by atoms with E-state index in [-0.39, 0.29) is 12.0 Å². The first-order valence-corrected chi connectivity index (χ1v) is 10.0. The summed E-state index contributed by atoms with van der Waals surface area (Å²) in [6.45, 7) is 3.36. The molecular weight excluding hydrogens is 366 g/mol. The minimum absolute atomic E-state index is 0.157. The number of hydrogen-bond donors (Lipinski definition) is 1. The van der Waals surface area contributed by atoms with Gasteiger partial charge >= 0.3 is 0 Å². The van der Waals surface area contributed by atoms with Crippen molar-refractivity contribution in [1.82, 2.24) is 9.78 Å². The van der Waals surface area contributed by atoms with Gasteiger partial charge in [0, 0.05) is 18.4 Å². The average molecular weight is 391 g/mol. The topological polar surface area (TPSA) is 65.4 Å². The lowest BCUT2D eigenvalue weighted by Crippen LogP contribution is -2.17. The summed E-state index contributed by atoms with van der Waals surface area (Å²) in [5.41, 5.74) is 3.07. The van der Waals surface area contributed by atoms with E-state index < -0.39 is 0 Å². The van der Waals surface area contributed by atoms with Crippen LogP contribution >= 0.6 is 0 Å². The first-order chi connectivity index (χ1) is 14.2. The molecular formula is C23H25N3O3. The van der Waals surface area contributed by atoms with Gasteiger partial charge in [-0.05, 0) is 43.5 Å². The Morgan fingerprint density at radius 2 is 2.10 bits per heavy atom. The summed E-state index contributed by atoms with van der Waals surface area (Å²) in [6.07, 6.45) is 4.59. The van der Waals surface area contributed by atoms with Gasteiger partial charge in [0.2, 0.25) is 0 Å². The zero-order valence-corrected chi connectivity index (χ0v) is 16.5. The molecule has 3 aromatic rings. The molecule has 1 aromatic heterocycles. The average Bonchev–Trinajstić information content (AvgIpc) is 3.43. The normalized spacial score (nSPS) is 16.0. The third-order valence-electron chi connectivity index (χ3n) is 5.00. The third-order valence-corrected chi connectivity index (χ3v) is 5.00. The molecule has 1 aliphatic rings. The molecule has 1 N–H and O–H groups in total. The summed E-state index contributed by atoms with van der Waals surface area (Å²) in [6, 6.07) is 17.3. The van der Waals surface area contributed by atoms with E-state index in [1.54, 1.807) is 6.20 Å². The monoisotopic (exact) mass is 391 g/mol. The van der Waals surface area contributed by atoms with Gasteiger partial charge in [-0.15, -0.1) is 0 Å². The summed E-state index contributed by atoms with van der Waals surface area (Å²) >= 11 is 0. The summed E-state index contributed by atoms with van der Waals surface area (Å²) in [4.78, 5) is 12.9. The molecule has 1 aliphatic heterocycles. The lowest BCUT2D eigenvalue weighted by molar-refractivity contribution is 0.0680. The first kappa shape index (κ1) is 19.2. The van der Waals surface area contributed by atoms with Crippen LogP contribution in [0, 0.1) is 0 Å². The molecule has 1 amide bonds. The van der Waals surface area contributed by atoms with Gasteiger partial charge in [-0.2, -0.15) is 5.10 Å². The molecule has 29 heavy (non-hydrogen) atoms. The molecule has 150 valence electrons. The van der Waals surface area contributed by atoms with Crippen LogP contribution in [0.15, 0.2) is 60.8 Å². The second kappa shape index (κ2) is 8.92. The Morgan fingerprint density at radius 1 is 1.24 bits per heavy atom. The smallest absolute Gasteiger partial charge is 0.259 e. The molecule has 1 atom stereocenters. The van der Waals surface area contributed by atoms with Crippen LogP contribution in [0.4, 0.5) is 5.69 Å². The number of aromatic nitrogens is 2. The van der Waals surface area contributed by atoms with Gasteiger partial charge in [0.15, 0.2) is 0 Å². The molecule has 2 heterocycles. The molecule has 6 heteroatoms. The molecule has 2 aromatic carbocycles. The van der Waals surface area contributed by atoms with Crippen molar-refractivity contribution >= 4 is 11.6 Å². The van der Waals surface area contributed by atoms with Crippen LogP contribution < -0.4 is 10.1 Å². The van der Waals surface area contributed by atoms with E-state index in [0.717, 1.165) is 30.8 Å². The van der Waals surface area contributed by atoms with Gasteiger partial charge in [0.1, 0.15) is 12.4 Å². The number of nitrogens with zero attached hydrogens (tertiary/aromatic N) is 2. The number of para-hydroxylation sites is 1. The van der Waals surface area contributed by atoms with Crippen molar-refractivity contribution in [2.45, 2.75) is 32.3 Å². The highest BCUT2D eigenvalue weighted by molar-refractivity contribution is 6.05. The minimum Gasteiger partial charge on any atom is -0.491 e. The predicted octanol–water partition coefficient (Wildman–Crippen LogP) is 4.24. The zero-order valence-electron chi connectivity index (χ0n) is 16.5. The molecule has 4 rings (SSSR count). The van der Waals surface area contributed by atoms with Crippen molar-refractivity contribution in [3.63, 3.8) is 0 Å². The quantitative estimate of drug-likeness (QED) is 0.654.